The number of aliphatic carboxylic acids is 1. The van der Waals surface area contributed by atoms with Crippen LogP contribution in [0.5, 0.6) is 0 Å². The molecular weight excluding hydrogens is 272 g/mol. The first kappa shape index (κ1) is 16.9. The van der Waals surface area contributed by atoms with Crippen LogP contribution in [0.4, 0.5) is 11.4 Å². The van der Waals surface area contributed by atoms with Gasteiger partial charge in [-0.2, -0.15) is 0 Å². The third kappa shape index (κ3) is 5.41. The van der Waals surface area contributed by atoms with Crippen LogP contribution < -0.4 is 5.32 Å². The van der Waals surface area contributed by atoms with E-state index in [4.69, 9.17) is 5.11 Å². The number of rotatable bonds is 8. The molecule has 6 heteroatoms. The molecule has 1 aromatic rings. The zero-order chi connectivity index (χ0) is 16.0. The minimum Gasteiger partial charge on any atom is -0.481 e. The van der Waals surface area contributed by atoms with Gasteiger partial charge in [-0.05, 0) is 38.3 Å². The molecule has 21 heavy (non-hydrogen) atoms. The summed E-state index contributed by atoms with van der Waals surface area (Å²) >= 11 is 0. The Morgan fingerprint density at radius 1 is 1.38 bits per heavy atom. The summed E-state index contributed by atoms with van der Waals surface area (Å²) < 4.78 is 0. The van der Waals surface area contributed by atoms with E-state index in [1.807, 2.05) is 13.8 Å². The fraction of sp³-hybridized carbons (Fsp3) is 0.533. The van der Waals surface area contributed by atoms with E-state index < -0.39 is 10.9 Å². The van der Waals surface area contributed by atoms with Gasteiger partial charge in [0.1, 0.15) is 0 Å². The van der Waals surface area contributed by atoms with Crippen molar-refractivity contribution < 1.29 is 14.8 Å². The predicted molar refractivity (Wildman–Crippen MR) is 81.6 cm³/mol. The number of carboxylic acids is 1. The molecule has 1 aromatic carbocycles. The van der Waals surface area contributed by atoms with Crippen LogP contribution in [0.15, 0.2) is 18.2 Å². The highest BCUT2D eigenvalue weighted by atomic mass is 16.6. The topological polar surface area (TPSA) is 92.5 Å². The van der Waals surface area contributed by atoms with E-state index in [2.05, 4.69) is 5.32 Å². The molecule has 0 spiro atoms. The van der Waals surface area contributed by atoms with Crippen molar-refractivity contribution in [2.75, 3.05) is 5.32 Å². The summed E-state index contributed by atoms with van der Waals surface area (Å²) in [6.07, 6.45) is 2.34. The van der Waals surface area contributed by atoms with Crippen molar-refractivity contribution in [3.63, 3.8) is 0 Å². The number of nitrogens with one attached hydrogen (secondary N) is 1. The summed E-state index contributed by atoms with van der Waals surface area (Å²) in [7, 11) is 0. The largest absolute Gasteiger partial charge is 0.481 e. The van der Waals surface area contributed by atoms with Crippen molar-refractivity contribution in [3.05, 3.63) is 33.9 Å². The Bertz CT molecular complexity index is 516. The molecule has 0 saturated heterocycles. The van der Waals surface area contributed by atoms with Gasteiger partial charge in [0.2, 0.25) is 0 Å². The number of aryl methyl sites for hydroxylation is 1. The molecule has 2 N–H and O–H groups in total. The summed E-state index contributed by atoms with van der Waals surface area (Å²) in [5.41, 5.74) is 1.79. The summed E-state index contributed by atoms with van der Waals surface area (Å²) in [6.45, 7) is 5.56. The second-order valence-corrected chi connectivity index (χ2v) is 5.47. The highest BCUT2D eigenvalue weighted by Crippen LogP contribution is 2.22. The molecule has 0 aliphatic rings. The van der Waals surface area contributed by atoms with Gasteiger partial charge in [-0.3, -0.25) is 14.9 Å². The zero-order valence-electron chi connectivity index (χ0n) is 12.6. The lowest BCUT2D eigenvalue weighted by atomic mass is 10.0. The normalized spacial score (nSPS) is 13.5. The second kappa shape index (κ2) is 7.61. The summed E-state index contributed by atoms with van der Waals surface area (Å²) in [5, 5.41) is 22.8. The van der Waals surface area contributed by atoms with Gasteiger partial charge in [-0.15, -0.1) is 0 Å². The highest BCUT2D eigenvalue weighted by molar-refractivity contribution is 5.69. The maximum Gasteiger partial charge on any atom is 0.306 e. The SMILES string of the molecule is Cc1cc([N+](=O)[O-])ccc1NC(C)CCCC(C)C(=O)O. The average Bonchev–Trinajstić information content (AvgIpc) is 2.40. The molecule has 0 aliphatic carbocycles. The van der Waals surface area contributed by atoms with E-state index in [0.29, 0.717) is 6.42 Å². The van der Waals surface area contributed by atoms with Gasteiger partial charge in [0, 0.05) is 23.9 Å². The number of nitro benzene ring substituents is 1. The maximum absolute atomic E-state index is 10.7. The molecule has 2 unspecified atom stereocenters. The van der Waals surface area contributed by atoms with E-state index in [1.54, 1.807) is 19.1 Å². The van der Waals surface area contributed by atoms with Crippen LogP contribution in [0, 0.1) is 23.0 Å². The van der Waals surface area contributed by atoms with Gasteiger partial charge in [0.05, 0.1) is 10.8 Å². The van der Waals surface area contributed by atoms with Crippen LogP contribution in [-0.4, -0.2) is 22.0 Å². The quantitative estimate of drug-likeness (QED) is 0.564. The van der Waals surface area contributed by atoms with E-state index in [9.17, 15) is 14.9 Å². The van der Waals surface area contributed by atoms with Crippen LogP contribution >= 0.6 is 0 Å². The summed E-state index contributed by atoms with van der Waals surface area (Å²) in [5.74, 6) is -1.08. The lowest BCUT2D eigenvalue weighted by Gasteiger charge is -2.17. The molecule has 1 rings (SSSR count). The number of anilines is 1. The van der Waals surface area contributed by atoms with Gasteiger partial charge in [0.15, 0.2) is 0 Å². The Balaban J connectivity index is 2.49. The van der Waals surface area contributed by atoms with Gasteiger partial charge >= 0.3 is 5.97 Å². The van der Waals surface area contributed by atoms with Gasteiger partial charge in [-0.1, -0.05) is 13.3 Å². The molecule has 6 nitrogen and oxygen atoms in total. The van der Waals surface area contributed by atoms with E-state index in [0.717, 1.165) is 24.1 Å². The number of nitrogens with zero attached hydrogens (tertiary/aromatic N) is 1. The first-order chi connectivity index (χ1) is 9.81. The maximum atomic E-state index is 10.7. The standard InChI is InChI=1S/C15H22N2O4/c1-10(15(18)19)5-4-6-12(3)16-14-8-7-13(17(20)21)9-11(14)2/h7-10,12,16H,4-6H2,1-3H3,(H,18,19). The second-order valence-electron chi connectivity index (χ2n) is 5.47. The van der Waals surface area contributed by atoms with Crippen LogP contribution in [0.2, 0.25) is 0 Å². The highest BCUT2D eigenvalue weighted by Gasteiger charge is 2.12. The Hall–Kier alpha value is -2.11. The minimum atomic E-state index is -0.762. The Morgan fingerprint density at radius 3 is 2.57 bits per heavy atom. The Kier molecular flexibility index (Phi) is 6.14. The third-order valence-electron chi connectivity index (χ3n) is 3.52. The van der Waals surface area contributed by atoms with Crippen LogP contribution in [0.25, 0.3) is 0 Å². The lowest BCUT2D eigenvalue weighted by Crippen LogP contribution is -2.17. The van der Waals surface area contributed by atoms with Crippen LogP contribution in [-0.2, 0) is 4.79 Å². The molecule has 0 bridgehead atoms. The average molecular weight is 294 g/mol. The molecule has 2 atom stereocenters. The number of hydrogen-bond donors (Lipinski definition) is 2. The van der Waals surface area contributed by atoms with Gasteiger partial charge in [-0.25, -0.2) is 0 Å². The fourth-order valence-electron chi connectivity index (χ4n) is 2.11. The first-order valence-electron chi connectivity index (χ1n) is 7.05. The van der Waals surface area contributed by atoms with Crippen molar-refractivity contribution in [3.8, 4) is 0 Å². The van der Waals surface area contributed by atoms with Crippen molar-refractivity contribution in [2.24, 2.45) is 5.92 Å². The Morgan fingerprint density at radius 2 is 2.05 bits per heavy atom. The van der Waals surface area contributed by atoms with E-state index >= 15 is 0 Å². The van der Waals surface area contributed by atoms with Gasteiger partial charge in [0.25, 0.3) is 5.69 Å². The fourth-order valence-corrected chi connectivity index (χ4v) is 2.11. The lowest BCUT2D eigenvalue weighted by molar-refractivity contribution is -0.384. The predicted octanol–water partition coefficient (Wildman–Crippen LogP) is 3.59. The molecule has 0 fully saturated rings. The number of carboxylic acid groups (broad SMARTS) is 1. The number of nitro groups is 1. The monoisotopic (exact) mass is 294 g/mol. The number of hydrogen-bond acceptors (Lipinski definition) is 4. The molecule has 0 amide bonds. The van der Waals surface area contributed by atoms with Crippen molar-refractivity contribution in [1.29, 1.82) is 0 Å². The molecule has 0 aromatic heterocycles. The zero-order valence-corrected chi connectivity index (χ0v) is 12.6. The van der Waals surface area contributed by atoms with Crippen LogP contribution in [0.1, 0.15) is 38.7 Å². The number of non-ortho nitro benzene ring substituents is 1. The summed E-state index contributed by atoms with van der Waals surface area (Å²) in [4.78, 5) is 21.0. The molecule has 116 valence electrons. The smallest absolute Gasteiger partial charge is 0.306 e. The van der Waals surface area contributed by atoms with Crippen molar-refractivity contribution >= 4 is 17.3 Å². The molecule has 0 radical (unpaired) electrons. The van der Waals surface area contributed by atoms with Gasteiger partial charge < -0.3 is 10.4 Å². The molecule has 0 saturated carbocycles. The molecular formula is C15H22N2O4. The molecule has 0 aliphatic heterocycles. The van der Waals surface area contributed by atoms with E-state index in [-0.39, 0.29) is 17.6 Å². The van der Waals surface area contributed by atoms with Crippen molar-refractivity contribution in [1.82, 2.24) is 0 Å². The number of carbonyl (C=O) groups is 1. The summed E-state index contributed by atoms with van der Waals surface area (Å²) in [6, 6.07) is 4.92. The third-order valence-corrected chi connectivity index (χ3v) is 3.52. The van der Waals surface area contributed by atoms with Crippen molar-refractivity contribution in [2.45, 2.75) is 46.1 Å². The van der Waals surface area contributed by atoms with Crippen LogP contribution in [0.3, 0.4) is 0 Å². The van der Waals surface area contributed by atoms with E-state index in [1.165, 1.54) is 6.07 Å². The number of benzene rings is 1. The first-order valence-corrected chi connectivity index (χ1v) is 7.05. The molecule has 0 heterocycles. The Labute approximate surface area is 124 Å². The minimum absolute atomic E-state index is 0.0842.